The van der Waals surface area contributed by atoms with Crippen LogP contribution in [0.1, 0.15) is 19.3 Å². The average Bonchev–Trinajstić information content (AvgIpc) is 2.29. The largest absolute Gasteiger partial charge is 0.469 e. The Morgan fingerprint density at radius 3 is 2.62 bits per heavy atom. The number of hydrogen-bond acceptors (Lipinski definition) is 4. The van der Waals surface area contributed by atoms with E-state index in [0.29, 0.717) is 0 Å². The second-order valence-corrected chi connectivity index (χ2v) is 6.23. The summed E-state index contributed by atoms with van der Waals surface area (Å²) in [4.78, 5) is 10.9. The molecule has 1 unspecified atom stereocenters. The SMILES string of the molecule is COC(=O)CC1CCS(=O)(=O)CCC1(F)F. The molecule has 1 aliphatic rings. The lowest BCUT2D eigenvalue weighted by Crippen LogP contribution is -2.30. The van der Waals surface area contributed by atoms with Crippen molar-refractivity contribution < 1.29 is 26.7 Å². The maximum absolute atomic E-state index is 13.5. The molecule has 1 heterocycles. The minimum absolute atomic E-state index is 0.190. The van der Waals surface area contributed by atoms with Crippen LogP contribution < -0.4 is 0 Å². The van der Waals surface area contributed by atoms with Crippen LogP contribution in [0.4, 0.5) is 8.78 Å². The maximum atomic E-state index is 13.5. The van der Waals surface area contributed by atoms with E-state index >= 15 is 0 Å². The second kappa shape index (κ2) is 4.65. The molecule has 0 bridgehead atoms. The zero-order chi connectivity index (χ0) is 12.4. The highest BCUT2D eigenvalue weighted by Crippen LogP contribution is 2.36. The molecule has 0 amide bonds. The number of carbonyl (C=O) groups excluding carboxylic acids is 1. The van der Waals surface area contributed by atoms with Crippen molar-refractivity contribution in [3.63, 3.8) is 0 Å². The third-order valence-corrected chi connectivity index (χ3v) is 4.45. The highest BCUT2D eigenvalue weighted by molar-refractivity contribution is 7.91. The zero-order valence-electron chi connectivity index (χ0n) is 8.91. The third kappa shape index (κ3) is 3.40. The van der Waals surface area contributed by atoms with Gasteiger partial charge in [0.25, 0.3) is 5.92 Å². The quantitative estimate of drug-likeness (QED) is 0.692. The van der Waals surface area contributed by atoms with Crippen LogP contribution in [-0.4, -0.2) is 38.9 Å². The normalized spacial score (nSPS) is 28.1. The van der Waals surface area contributed by atoms with Gasteiger partial charge in [-0.2, -0.15) is 0 Å². The summed E-state index contributed by atoms with van der Waals surface area (Å²) < 4.78 is 53.7. The van der Waals surface area contributed by atoms with Crippen LogP contribution in [-0.2, 0) is 19.4 Å². The highest BCUT2D eigenvalue weighted by Gasteiger charge is 2.44. The Bertz CT molecular complexity index is 364. The third-order valence-electron chi connectivity index (χ3n) is 2.76. The van der Waals surface area contributed by atoms with Crippen LogP contribution in [0.2, 0.25) is 0 Å². The van der Waals surface area contributed by atoms with Gasteiger partial charge in [0.1, 0.15) is 0 Å². The molecule has 0 aliphatic carbocycles. The predicted molar refractivity (Wildman–Crippen MR) is 53.0 cm³/mol. The van der Waals surface area contributed by atoms with Gasteiger partial charge in [-0.05, 0) is 6.42 Å². The standard InChI is InChI=1S/C9H14F2O4S/c1-15-8(12)6-7-2-4-16(13,14)5-3-9(7,10)11/h7H,2-6H2,1H3. The van der Waals surface area contributed by atoms with Crippen molar-refractivity contribution in [2.45, 2.75) is 25.2 Å². The topological polar surface area (TPSA) is 60.4 Å². The lowest BCUT2D eigenvalue weighted by molar-refractivity contribution is -0.146. The molecule has 1 aliphatic heterocycles. The molecule has 0 radical (unpaired) electrons. The van der Waals surface area contributed by atoms with E-state index in [-0.39, 0.29) is 12.2 Å². The second-order valence-electron chi connectivity index (χ2n) is 3.93. The van der Waals surface area contributed by atoms with Crippen LogP contribution in [0.25, 0.3) is 0 Å². The molecular formula is C9H14F2O4S. The molecule has 0 aromatic heterocycles. The van der Waals surface area contributed by atoms with Crippen LogP contribution in [0.5, 0.6) is 0 Å². The molecule has 1 saturated heterocycles. The lowest BCUT2D eigenvalue weighted by atomic mass is 9.93. The summed E-state index contributed by atoms with van der Waals surface area (Å²) in [6.07, 6.45) is -1.33. The van der Waals surface area contributed by atoms with Crippen LogP contribution in [0.15, 0.2) is 0 Å². The number of hydrogen-bond donors (Lipinski definition) is 0. The van der Waals surface area contributed by atoms with Crippen molar-refractivity contribution in [3.8, 4) is 0 Å². The van der Waals surface area contributed by atoms with Gasteiger partial charge in [0.05, 0.1) is 25.0 Å². The number of halogens is 2. The van der Waals surface area contributed by atoms with Gasteiger partial charge in [-0.15, -0.1) is 0 Å². The van der Waals surface area contributed by atoms with E-state index in [0.717, 1.165) is 7.11 Å². The first-order chi connectivity index (χ1) is 7.27. The predicted octanol–water partition coefficient (Wildman–Crippen LogP) is 1.01. The minimum Gasteiger partial charge on any atom is -0.469 e. The van der Waals surface area contributed by atoms with E-state index in [1.54, 1.807) is 0 Å². The van der Waals surface area contributed by atoms with Crippen LogP contribution in [0, 0.1) is 5.92 Å². The summed E-state index contributed by atoms with van der Waals surface area (Å²) in [6, 6.07) is 0. The van der Waals surface area contributed by atoms with Gasteiger partial charge in [0.15, 0.2) is 9.84 Å². The van der Waals surface area contributed by atoms with Crippen molar-refractivity contribution >= 4 is 15.8 Å². The fourth-order valence-electron chi connectivity index (χ4n) is 1.67. The Morgan fingerprint density at radius 1 is 1.44 bits per heavy atom. The van der Waals surface area contributed by atoms with E-state index in [4.69, 9.17) is 0 Å². The van der Waals surface area contributed by atoms with E-state index < -0.39 is 46.2 Å². The Labute approximate surface area is 92.9 Å². The van der Waals surface area contributed by atoms with Gasteiger partial charge in [0, 0.05) is 12.3 Å². The van der Waals surface area contributed by atoms with Gasteiger partial charge in [0.2, 0.25) is 0 Å². The average molecular weight is 256 g/mol. The monoisotopic (exact) mass is 256 g/mol. The summed E-state index contributed by atoms with van der Waals surface area (Å²) in [5.41, 5.74) is 0. The van der Waals surface area contributed by atoms with E-state index in [1.807, 2.05) is 0 Å². The van der Waals surface area contributed by atoms with Crippen LogP contribution >= 0.6 is 0 Å². The Kier molecular flexibility index (Phi) is 3.88. The molecule has 94 valence electrons. The number of ether oxygens (including phenoxy) is 1. The van der Waals surface area contributed by atoms with Gasteiger partial charge in [-0.1, -0.05) is 0 Å². The number of rotatable bonds is 2. The molecule has 4 nitrogen and oxygen atoms in total. The fourth-order valence-corrected chi connectivity index (χ4v) is 3.10. The summed E-state index contributed by atoms with van der Waals surface area (Å²) in [5.74, 6) is -5.89. The molecule has 0 aromatic carbocycles. The van der Waals surface area contributed by atoms with Crippen molar-refractivity contribution in [2.24, 2.45) is 5.92 Å². The number of alkyl halides is 2. The van der Waals surface area contributed by atoms with Crippen molar-refractivity contribution in [1.29, 1.82) is 0 Å². The Balaban J connectivity index is 2.78. The smallest absolute Gasteiger partial charge is 0.306 e. The summed E-state index contributed by atoms with van der Waals surface area (Å²) in [7, 11) is -2.28. The number of esters is 1. The van der Waals surface area contributed by atoms with Crippen molar-refractivity contribution in [3.05, 3.63) is 0 Å². The van der Waals surface area contributed by atoms with Gasteiger partial charge in [-0.3, -0.25) is 4.79 Å². The summed E-state index contributed by atoms with van der Waals surface area (Å²) >= 11 is 0. The van der Waals surface area contributed by atoms with Crippen LogP contribution in [0.3, 0.4) is 0 Å². The first-order valence-electron chi connectivity index (χ1n) is 4.92. The van der Waals surface area contributed by atoms with Crippen molar-refractivity contribution in [2.75, 3.05) is 18.6 Å². The van der Waals surface area contributed by atoms with E-state index in [1.165, 1.54) is 0 Å². The molecule has 0 spiro atoms. The van der Waals surface area contributed by atoms with Gasteiger partial charge >= 0.3 is 5.97 Å². The van der Waals surface area contributed by atoms with Crippen molar-refractivity contribution in [1.82, 2.24) is 0 Å². The Morgan fingerprint density at radius 2 is 2.06 bits per heavy atom. The Hall–Kier alpha value is -0.720. The molecule has 7 heteroatoms. The first kappa shape index (κ1) is 13.3. The molecule has 1 rings (SSSR count). The first-order valence-corrected chi connectivity index (χ1v) is 6.74. The zero-order valence-corrected chi connectivity index (χ0v) is 9.73. The minimum atomic E-state index is -3.40. The molecule has 0 saturated carbocycles. The number of methoxy groups -OCH3 is 1. The molecular weight excluding hydrogens is 242 g/mol. The summed E-state index contributed by atoms with van der Waals surface area (Å²) in [5, 5.41) is 0. The number of carbonyl (C=O) groups is 1. The fraction of sp³-hybridized carbons (Fsp3) is 0.889. The van der Waals surface area contributed by atoms with Gasteiger partial charge < -0.3 is 4.74 Å². The molecule has 0 N–H and O–H groups in total. The molecule has 1 atom stereocenters. The molecule has 16 heavy (non-hydrogen) atoms. The molecule has 0 aromatic rings. The summed E-state index contributed by atoms with van der Waals surface area (Å²) in [6.45, 7) is 0. The van der Waals surface area contributed by atoms with Gasteiger partial charge in [-0.25, -0.2) is 17.2 Å². The van der Waals surface area contributed by atoms with E-state index in [2.05, 4.69) is 4.74 Å². The van der Waals surface area contributed by atoms with E-state index in [9.17, 15) is 22.0 Å². The highest BCUT2D eigenvalue weighted by atomic mass is 32.2. The molecule has 1 fully saturated rings. The number of sulfone groups is 1. The maximum Gasteiger partial charge on any atom is 0.306 e. The lowest BCUT2D eigenvalue weighted by Gasteiger charge is -2.22.